The molecule has 0 saturated carbocycles. The molecule has 0 unspecified atom stereocenters. The first-order chi connectivity index (χ1) is 16.0. The fourth-order valence-corrected chi connectivity index (χ4v) is 4.15. The molecule has 7 heteroatoms. The Balaban J connectivity index is 1.69. The van der Waals surface area contributed by atoms with Gasteiger partial charge >= 0.3 is 12.1 Å². The zero-order valence-corrected chi connectivity index (χ0v) is 18.6. The quantitative estimate of drug-likeness (QED) is 0.541. The van der Waals surface area contributed by atoms with Crippen molar-refractivity contribution in [3.05, 3.63) is 59.7 Å². The first kappa shape index (κ1) is 23.9. The first-order valence-corrected chi connectivity index (χ1v) is 11.0. The summed E-state index contributed by atoms with van der Waals surface area (Å²) in [7, 11) is 0. The Morgan fingerprint density at radius 2 is 1.73 bits per heavy atom. The molecular weight excluding hydrogens is 420 g/mol. The van der Waals surface area contributed by atoms with Gasteiger partial charge in [-0.3, -0.25) is 9.59 Å². The van der Waals surface area contributed by atoms with Gasteiger partial charge in [0, 0.05) is 5.92 Å². The molecule has 1 atom stereocenters. The molecule has 0 bridgehead atoms. The van der Waals surface area contributed by atoms with Crippen LogP contribution in [0.1, 0.15) is 43.2 Å². The average molecular weight is 449 g/mol. The topological polar surface area (TPSA) is 95.9 Å². The average Bonchev–Trinajstić information content (AvgIpc) is 3.13. The van der Waals surface area contributed by atoms with E-state index in [1.54, 1.807) is 0 Å². The maximum absolute atomic E-state index is 12.9. The number of nitrogens with zero attached hydrogens (tertiary/aromatic N) is 1. The summed E-state index contributed by atoms with van der Waals surface area (Å²) >= 11 is 0. The molecule has 1 aliphatic rings. The lowest BCUT2D eigenvalue weighted by molar-refractivity contribution is -0.144. The van der Waals surface area contributed by atoms with Crippen LogP contribution in [0.5, 0.6) is 0 Å². The van der Waals surface area contributed by atoms with Crippen LogP contribution < -0.4 is 5.32 Å². The fourth-order valence-electron chi connectivity index (χ4n) is 4.15. The predicted molar refractivity (Wildman–Crippen MR) is 125 cm³/mol. The molecule has 172 valence electrons. The minimum atomic E-state index is -1.17. The van der Waals surface area contributed by atoms with Crippen LogP contribution in [-0.4, -0.2) is 53.7 Å². The maximum atomic E-state index is 12.9. The van der Waals surface area contributed by atoms with E-state index in [1.807, 2.05) is 43.3 Å². The summed E-state index contributed by atoms with van der Waals surface area (Å²) in [6, 6.07) is 15.1. The zero-order chi connectivity index (χ0) is 23.8. The van der Waals surface area contributed by atoms with Crippen molar-refractivity contribution in [3.63, 3.8) is 0 Å². The molecule has 0 radical (unpaired) electrons. The summed E-state index contributed by atoms with van der Waals surface area (Å²) in [6.45, 7) is 1.40. The highest BCUT2D eigenvalue weighted by Crippen LogP contribution is 2.44. The van der Waals surface area contributed by atoms with E-state index in [9.17, 15) is 14.4 Å². The number of carboxylic acid groups (broad SMARTS) is 1. The van der Waals surface area contributed by atoms with Gasteiger partial charge in [0.2, 0.25) is 5.91 Å². The van der Waals surface area contributed by atoms with Gasteiger partial charge in [-0.15, -0.1) is 6.42 Å². The molecule has 0 spiro atoms. The lowest BCUT2D eigenvalue weighted by atomic mass is 9.98. The molecule has 0 aromatic heterocycles. The van der Waals surface area contributed by atoms with Crippen LogP contribution in [-0.2, 0) is 14.3 Å². The van der Waals surface area contributed by atoms with Crippen LogP contribution in [0.15, 0.2) is 48.5 Å². The number of carboxylic acids is 1. The van der Waals surface area contributed by atoms with Gasteiger partial charge in [-0.2, -0.15) is 0 Å². The lowest BCUT2D eigenvalue weighted by Gasteiger charge is -2.25. The minimum absolute atomic E-state index is 0.0992. The Morgan fingerprint density at radius 1 is 1.12 bits per heavy atom. The highest BCUT2D eigenvalue weighted by molar-refractivity contribution is 5.88. The Kier molecular flexibility index (Phi) is 8.09. The van der Waals surface area contributed by atoms with Crippen molar-refractivity contribution >= 4 is 18.0 Å². The number of amides is 2. The summed E-state index contributed by atoms with van der Waals surface area (Å²) < 4.78 is 5.54. The molecule has 3 rings (SSSR count). The van der Waals surface area contributed by atoms with Gasteiger partial charge in [0.25, 0.3) is 0 Å². The number of carbonyl (C=O) groups excluding carboxylic acids is 2. The van der Waals surface area contributed by atoms with Gasteiger partial charge in [-0.25, -0.2) is 4.79 Å². The number of carbonyl (C=O) groups is 3. The molecule has 0 heterocycles. The van der Waals surface area contributed by atoms with Crippen molar-refractivity contribution in [3.8, 4) is 23.5 Å². The van der Waals surface area contributed by atoms with Gasteiger partial charge in [0.05, 0.1) is 6.54 Å². The molecule has 7 nitrogen and oxygen atoms in total. The number of fused-ring (bicyclic) bond motifs is 3. The van der Waals surface area contributed by atoms with Crippen LogP contribution >= 0.6 is 0 Å². The summed E-state index contributed by atoms with van der Waals surface area (Å²) in [6.07, 6.45) is 6.42. The Hall–Kier alpha value is -3.79. The van der Waals surface area contributed by atoms with Crippen LogP contribution in [0.4, 0.5) is 4.79 Å². The van der Waals surface area contributed by atoms with E-state index in [2.05, 4.69) is 23.4 Å². The van der Waals surface area contributed by atoms with Gasteiger partial charge in [0.1, 0.15) is 19.2 Å². The van der Waals surface area contributed by atoms with E-state index < -0.39 is 30.6 Å². The molecule has 33 heavy (non-hydrogen) atoms. The van der Waals surface area contributed by atoms with Gasteiger partial charge in [-0.1, -0.05) is 74.2 Å². The molecule has 2 aromatic rings. The van der Waals surface area contributed by atoms with Crippen LogP contribution in [0, 0.1) is 12.3 Å². The van der Waals surface area contributed by atoms with Crippen molar-refractivity contribution in [2.45, 2.75) is 38.1 Å². The number of alkyl carbamates (subject to hydrolysis) is 1. The summed E-state index contributed by atoms with van der Waals surface area (Å²) in [5.74, 6) is 0.496. The number of hydrogen-bond donors (Lipinski definition) is 2. The first-order valence-electron chi connectivity index (χ1n) is 11.0. The number of terminal acetylenes is 1. The standard InChI is InChI=1S/C26H28N2O5/c1-3-5-14-23(25(31)28(15-4-2)16-24(29)30)27-26(32)33-17-22-20-12-8-6-10-18(20)19-11-7-9-13-21(19)22/h2,6-13,22-23H,3,5,14-17H2,1H3,(H,27,32)(H,29,30)/t23-/m0/s1. The number of aliphatic carboxylic acids is 1. The number of ether oxygens (including phenoxy) is 1. The van der Waals surface area contributed by atoms with E-state index >= 15 is 0 Å². The largest absolute Gasteiger partial charge is 0.480 e. The second-order valence-corrected chi connectivity index (χ2v) is 7.96. The van der Waals surface area contributed by atoms with Crippen molar-refractivity contribution in [1.29, 1.82) is 0 Å². The second kappa shape index (κ2) is 11.2. The van der Waals surface area contributed by atoms with Crippen LogP contribution in [0.3, 0.4) is 0 Å². The van der Waals surface area contributed by atoms with Crippen molar-refractivity contribution in [1.82, 2.24) is 10.2 Å². The van der Waals surface area contributed by atoms with Gasteiger partial charge < -0.3 is 20.1 Å². The van der Waals surface area contributed by atoms with Crippen molar-refractivity contribution < 1.29 is 24.2 Å². The third-order valence-electron chi connectivity index (χ3n) is 5.70. The third kappa shape index (κ3) is 5.72. The highest BCUT2D eigenvalue weighted by Gasteiger charge is 2.30. The molecule has 2 N–H and O–H groups in total. The molecule has 0 fully saturated rings. The van der Waals surface area contributed by atoms with Gasteiger partial charge in [-0.05, 0) is 28.7 Å². The summed E-state index contributed by atoms with van der Waals surface area (Å²) in [5, 5.41) is 11.7. The fraction of sp³-hybridized carbons (Fsp3) is 0.346. The third-order valence-corrected chi connectivity index (χ3v) is 5.70. The van der Waals surface area contributed by atoms with Crippen LogP contribution in [0.2, 0.25) is 0 Å². The molecule has 1 aliphatic carbocycles. The summed E-state index contributed by atoms with van der Waals surface area (Å²) in [5.41, 5.74) is 4.42. The number of benzene rings is 2. The molecule has 2 aromatic carbocycles. The smallest absolute Gasteiger partial charge is 0.407 e. The zero-order valence-electron chi connectivity index (χ0n) is 18.6. The molecule has 0 saturated heterocycles. The normalized spacial score (nSPS) is 12.7. The SMILES string of the molecule is C#CCN(CC(=O)O)C(=O)[C@H](CCCC)NC(=O)OCC1c2ccccc2-c2ccccc21. The van der Waals surface area contributed by atoms with E-state index in [4.69, 9.17) is 16.3 Å². The number of rotatable bonds is 10. The van der Waals surface area contributed by atoms with Crippen LogP contribution in [0.25, 0.3) is 11.1 Å². The van der Waals surface area contributed by atoms with E-state index in [1.165, 1.54) is 0 Å². The van der Waals surface area contributed by atoms with Crippen molar-refractivity contribution in [2.75, 3.05) is 19.7 Å². The van der Waals surface area contributed by atoms with E-state index in [0.717, 1.165) is 33.6 Å². The molecule has 2 amide bonds. The highest BCUT2D eigenvalue weighted by atomic mass is 16.5. The Morgan fingerprint density at radius 3 is 2.27 bits per heavy atom. The lowest BCUT2D eigenvalue weighted by Crippen LogP contribution is -2.50. The van der Waals surface area contributed by atoms with E-state index in [0.29, 0.717) is 12.8 Å². The maximum Gasteiger partial charge on any atom is 0.407 e. The van der Waals surface area contributed by atoms with E-state index in [-0.39, 0.29) is 19.1 Å². The monoisotopic (exact) mass is 448 g/mol. The number of unbranched alkanes of at least 4 members (excludes halogenated alkanes) is 1. The van der Waals surface area contributed by atoms with Crippen molar-refractivity contribution in [2.24, 2.45) is 0 Å². The second-order valence-electron chi connectivity index (χ2n) is 7.96. The Labute approximate surface area is 193 Å². The van der Waals surface area contributed by atoms with Gasteiger partial charge in [0.15, 0.2) is 0 Å². The summed E-state index contributed by atoms with van der Waals surface area (Å²) in [4.78, 5) is 37.7. The minimum Gasteiger partial charge on any atom is -0.480 e. The molecule has 0 aliphatic heterocycles. The molecular formula is C26H28N2O5. The predicted octanol–water partition coefficient (Wildman–Crippen LogP) is 3.63. The number of nitrogens with one attached hydrogen (secondary N) is 1. The number of hydrogen-bond acceptors (Lipinski definition) is 4. The Bertz CT molecular complexity index is 1010.